The highest BCUT2D eigenvalue weighted by Crippen LogP contribution is 2.22. The molecule has 3 aromatic heterocycles. The molecule has 146 valence electrons. The molecule has 0 aliphatic heterocycles. The van der Waals surface area contributed by atoms with Gasteiger partial charge in [0.1, 0.15) is 0 Å². The number of amides is 1. The van der Waals surface area contributed by atoms with Gasteiger partial charge in [-0.1, -0.05) is 11.6 Å². The minimum atomic E-state index is -1.03. The van der Waals surface area contributed by atoms with Crippen molar-refractivity contribution in [2.24, 2.45) is 0 Å². The molecular weight excluding hydrogens is 382 g/mol. The Labute approximate surface area is 166 Å². The zero-order valence-corrected chi connectivity index (χ0v) is 16.7. The molecule has 0 aromatic carbocycles. The quantitative estimate of drug-likeness (QED) is 0.518. The first-order chi connectivity index (χ1) is 13.3. The summed E-state index contributed by atoms with van der Waals surface area (Å²) in [5, 5.41) is 7.63. The van der Waals surface area contributed by atoms with E-state index in [2.05, 4.69) is 20.4 Å². The zero-order chi connectivity index (χ0) is 20.4. The Bertz CT molecular complexity index is 1050. The molecule has 0 bridgehead atoms. The number of nitrogens with zero attached hydrogens (tertiary/aromatic N) is 4. The van der Waals surface area contributed by atoms with E-state index in [4.69, 9.17) is 16.3 Å². The smallest absolute Gasteiger partial charge is 0.339 e. The molecule has 1 atom stereocenters. The second-order valence-corrected chi connectivity index (χ2v) is 6.97. The van der Waals surface area contributed by atoms with E-state index < -0.39 is 18.0 Å². The fraction of sp³-hybridized carbons (Fsp3) is 0.316. The van der Waals surface area contributed by atoms with Gasteiger partial charge in [0.2, 0.25) is 0 Å². The third-order valence-corrected chi connectivity index (χ3v) is 4.38. The second-order valence-electron chi connectivity index (χ2n) is 6.61. The summed E-state index contributed by atoms with van der Waals surface area (Å²) in [6.45, 7) is 7.23. The SMILES string of the molecule is Cc1cc(C(=O)OC(C)C(=O)Nc2cccnc2Cl)c2cnn(C(C)C)c2n1. The highest BCUT2D eigenvalue weighted by atomic mass is 35.5. The van der Waals surface area contributed by atoms with Gasteiger partial charge >= 0.3 is 5.97 Å². The molecule has 0 aliphatic carbocycles. The zero-order valence-electron chi connectivity index (χ0n) is 15.9. The minimum Gasteiger partial charge on any atom is -0.449 e. The number of carbonyl (C=O) groups excluding carboxylic acids is 2. The summed E-state index contributed by atoms with van der Waals surface area (Å²) in [4.78, 5) is 33.4. The van der Waals surface area contributed by atoms with E-state index >= 15 is 0 Å². The fourth-order valence-electron chi connectivity index (χ4n) is 2.68. The molecule has 1 N–H and O–H groups in total. The molecule has 0 fully saturated rings. The van der Waals surface area contributed by atoms with Gasteiger partial charge in [-0.05, 0) is 45.9 Å². The molecule has 3 heterocycles. The van der Waals surface area contributed by atoms with E-state index in [1.54, 1.807) is 36.0 Å². The van der Waals surface area contributed by atoms with Crippen LogP contribution in [0, 0.1) is 6.92 Å². The maximum atomic E-state index is 12.7. The lowest BCUT2D eigenvalue weighted by molar-refractivity contribution is -0.123. The van der Waals surface area contributed by atoms with Crippen molar-refractivity contribution in [2.45, 2.75) is 39.8 Å². The van der Waals surface area contributed by atoms with E-state index in [0.717, 1.165) is 0 Å². The molecule has 9 heteroatoms. The topological polar surface area (TPSA) is 99.0 Å². The number of hydrogen-bond donors (Lipinski definition) is 1. The van der Waals surface area contributed by atoms with Crippen LogP contribution in [0.25, 0.3) is 11.0 Å². The maximum Gasteiger partial charge on any atom is 0.339 e. The van der Waals surface area contributed by atoms with Crippen molar-refractivity contribution in [1.29, 1.82) is 0 Å². The molecule has 3 rings (SSSR count). The van der Waals surface area contributed by atoms with Gasteiger partial charge in [0, 0.05) is 17.9 Å². The Kier molecular flexibility index (Phi) is 5.60. The fourth-order valence-corrected chi connectivity index (χ4v) is 2.85. The summed E-state index contributed by atoms with van der Waals surface area (Å²) >= 11 is 5.94. The number of aromatic nitrogens is 4. The van der Waals surface area contributed by atoms with Crippen LogP contribution in [-0.2, 0) is 9.53 Å². The summed E-state index contributed by atoms with van der Waals surface area (Å²) in [6.07, 6.45) is 2.06. The number of ether oxygens (including phenoxy) is 1. The lowest BCUT2D eigenvalue weighted by atomic mass is 10.1. The van der Waals surface area contributed by atoms with E-state index in [0.29, 0.717) is 28.0 Å². The maximum absolute atomic E-state index is 12.7. The number of rotatable bonds is 5. The monoisotopic (exact) mass is 401 g/mol. The predicted octanol–water partition coefficient (Wildman–Crippen LogP) is 3.55. The summed E-state index contributed by atoms with van der Waals surface area (Å²) in [7, 11) is 0. The summed E-state index contributed by atoms with van der Waals surface area (Å²) in [5.41, 5.74) is 1.91. The van der Waals surface area contributed by atoms with Gasteiger partial charge < -0.3 is 10.1 Å². The Balaban J connectivity index is 1.81. The number of fused-ring (bicyclic) bond motifs is 1. The van der Waals surface area contributed by atoms with Crippen molar-refractivity contribution in [3.63, 3.8) is 0 Å². The van der Waals surface area contributed by atoms with Gasteiger partial charge in [-0.15, -0.1) is 0 Å². The first-order valence-corrected chi connectivity index (χ1v) is 9.13. The highest BCUT2D eigenvalue weighted by molar-refractivity contribution is 6.32. The average molecular weight is 402 g/mol. The van der Waals surface area contributed by atoms with E-state index in [-0.39, 0.29) is 11.2 Å². The lowest BCUT2D eigenvalue weighted by Crippen LogP contribution is -2.30. The second kappa shape index (κ2) is 7.93. The number of carbonyl (C=O) groups is 2. The summed E-state index contributed by atoms with van der Waals surface area (Å²) in [6, 6.07) is 4.96. The van der Waals surface area contributed by atoms with Gasteiger partial charge in [-0.25, -0.2) is 19.4 Å². The Morgan fingerprint density at radius 3 is 2.71 bits per heavy atom. The summed E-state index contributed by atoms with van der Waals surface area (Å²) in [5.74, 6) is -1.14. The molecular formula is C19H20ClN5O3. The van der Waals surface area contributed by atoms with E-state index in [1.807, 2.05) is 13.8 Å². The van der Waals surface area contributed by atoms with Crippen molar-refractivity contribution in [1.82, 2.24) is 19.7 Å². The van der Waals surface area contributed by atoms with Gasteiger partial charge in [0.25, 0.3) is 5.91 Å². The number of nitrogens with one attached hydrogen (secondary N) is 1. The lowest BCUT2D eigenvalue weighted by Gasteiger charge is -2.14. The number of esters is 1. The van der Waals surface area contributed by atoms with Crippen LogP contribution in [0.3, 0.4) is 0 Å². The van der Waals surface area contributed by atoms with Crippen molar-refractivity contribution in [3.05, 3.63) is 47.0 Å². The van der Waals surface area contributed by atoms with Crippen molar-refractivity contribution < 1.29 is 14.3 Å². The normalized spacial score (nSPS) is 12.2. The van der Waals surface area contributed by atoms with Crippen LogP contribution in [0.15, 0.2) is 30.6 Å². The Hall–Kier alpha value is -3.00. The van der Waals surface area contributed by atoms with Gasteiger partial charge in [-0.2, -0.15) is 5.10 Å². The third kappa shape index (κ3) is 3.96. The summed E-state index contributed by atoms with van der Waals surface area (Å²) < 4.78 is 7.10. The average Bonchev–Trinajstić information content (AvgIpc) is 3.06. The molecule has 28 heavy (non-hydrogen) atoms. The largest absolute Gasteiger partial charge is 0.449 e. The van der Waals surface area contributed by atoms with E-state index in [9.17, 15) is 9.59 Å². The van der Waals surface area contributed by atoms with Crippen molar-refractivity contribution in [3.8, 4) is 0 Å². The predicted molar refractivity (Wildman–Crippen MR) is 105 cm³/mol. The third-order valence-electron chi connectivity index (χ3n) is 4.07. The number of anilines is 1. The minimum absolute atomic E-state index is 0.0876. The van der Waals surface area contributed by atoms with Crippen molar-refractivity contribution >= 4 is 40.2 Å². The molecule has 3 aromatic rings. The van der Waals surface area contributed by atoms with Gasteiger partial charge in [0.05, 0.1) is 22.8 Å². The molecule has 1 unspecified atom stereocenters. The number of hydrogen-bond acceptors (Lipinski definition) is 6. The number of pyridine rings is 2. The molecule has 1 amide bonds. The number of halogens is 1. The van der Waals surface area contributed by atoms with Crippen LogP contribution in [-0.4, -0.2) is 37.7 Å². The first kappa shape index (κ1) is 19.8. The van der Waals surface area contributed by atoms with Crippen LogP contribution in [0.1, 0.15) is 42.9 Å². The van der Waals surface area contributed by atoms with E-state index in [1.165, 1.54) is 13.1 Å². The Morgan fingerprint density at radius 1 is 1.29 bits per heavy atom. The van der Waals surface area contributed by atoms with Crippen LogP contribution < -0.4 is 5.32 Å². The highest BCUT2D eigenvalue weighted by Gasteiger charge is 2.23. The standard InChI is InChI=1S/C19H20ClN5O3/c1-10(2)25-17-14(9-22-25)13(8-11(3)23-17)19(27)28-12(4)18(26)24-15-6-5-7-21-16(15)20/h5-10,12H,1-4H3,(H,24,26). The Morgan fingerprint density at radius 2 is 2.04 bits per heavy atom. The van der Waals surface area contributed by atoms with Crippen LogP contribution >= 0.6 is 11.6 Å². The molecule has 8 nitrogen and oxygen atoms in total. The van der Waals surface area contributed by atoms with Crippen molar-refractivity contribution in [2.75, 3.05) is 5.32 Å². The van der Waals surface area contributed by atoms with Gasteiger partial charge in [-0.3, -0.25) is 4.79 Å². The molecule has 0 spiro atoms. The van der Waals surface area contributed by atoms with Crippen LogP contribution in [0.5, 0.6) is 0 Å². The molecule has 0 saturated carbocycles. The molecule has 0 aliphatic rings. The first-order valence-electron chi connectivity index (χ1n) is 8.75. The van der Waals surface area contributed by atoms with Gasteiger partial charge in [0.15, 0.2) is 16.9 Å². The molecule has 0 saturated heterocycles. The van der Waals surface area contributed by atoms with Crippen LogP contribution in [0.2, 0.25) is 5.15 Å². The number of aryl methyl sites for hydroxylation is 1. The van der Waals surface area contributed by atoms with Crippen LogP contribution in [0.4, 0.5) is 5.69 Å². The molecule has 0 radical (unpaired) electrons.